The number of likely N-dealkylation sites (tertiary alicyclic amines) is 1. The highest BCUT2D eigenvalue weighted by Gasteiger charge is 2.39. The van der Waals surface area contributed by atoms with E-state index in [1.165, 1.54) is 25.1 Å². The molecule has 1 fully saturated rings. The van der Waals surface area contributed by atoms with E-state index in [0.29, 0.717) is 18.7 Å². The second-order valence-electron chi connectivity index (χ2n) is 9.13. The fourth-order valence-electron chi connectivity index (χ4n) is 5.31. The van der Waals surface area contributed by atoms with E-state index in [-0.39, 0.29) is 24.5 Å². The molecule has 1 saturated heterocycles. The third kappa shape index (κ3) is 3.59. The van der Waals surface area contributed by atoms with Crippen LogP contribution in [0.5, 0.6) is 0 Å². The third-order valence-corrected chi connectivity index (χ3v) is 7.09. The van der Waals surface area contributed by atoms with Crippen LogP contribution in [0.3, 0.4) is 0 Å². The van der Waals surface area contributed by atoms with E-state index >= 15 is 0 Å². The number of carbonyl (C=O) groups is 1. The van der Waals surface area contributed by atoms with Gasteiger partial charge in [-0.05, 0) is 48.3 Å². The Balaban J connectivity index is 1.46. The van der Waals surface area contributed by atoms with Crippen LogP contribution in [-0.4, -0.2) is 56.9 Å². The summed E-state index contributed by atoms with van der Waals surface area (Å²) in [5.41, 5.74) is 6.05. The summed E-state index contributed by atoms with van der Waals surface area (Å²) >= 11 is 0. The van der Waals surface area contributed by atoms with Gasteiger partial charge in [-0.1, -0.05) is 36.4 Å². The van der Waals surface area contributed by atoms with Crippen LogP contribution < -0.4 is 10.6 Å². The number of amides is 1. The highest BCUT2D eigenvalue weighted by Crippen LogP contribution is 2.50. The van der Waals surface area contributed by atoms with Crippen molar-refractivity contribution in [2.45, 2.75) is 31.5 Å². The second kappa shape index (κ2) is 8.70. The van der Waals surface area contributed by atoms with Crippen LogP contribution in [0.15, 0.2) is 54.9 Å². The Morgan fingerprint density at radius 1 is 1.12 bits per heavy atom. The minimum Gasteiger partial charge on any atom is -0.394 e. The van der Waals surface area contributed by atoms with Gasteiger partial charge in [-0.15, -0.1) is 0 Å². The highest BCUT2D eigenvalue weighted by atomic mass is 16.3. The number of aromatic nitrogens is 3. The zero-order chi connectivity index (χ0) is 23.1. The average Bonchev–Trinajstić information content (AvgIpc) is 3.21. The fraction of sp³-hybridized carbons (Fsp3) is 0.346. The van der Waals surface area contributed by atoms with Crippen molar-refractivity contribution in [2.24, 2.45) is 0 Å². The lowest BCUT2D eigenvalue weighted by Gasteiger charge is -2.37. The third-order valence-electron chi connectivity index (χ3n) is 7.09. The van der Waals surface area contributed by atoms with Gasteiger partial charge in [-0.3, -0.25) is 9.69 Å². The number of carbonyl (C=O) groups excluding carboxylic acids is 1. The average molecular weight is 457 g/mol. The lowest BCUT2D eigenvalue weighted by molar-refractivity contribution is 0.0958. The van der Waals surface area contributed by atoms with Gasteiger partial charge < -0.3 is 15.7 Å². The molecule has 6 rings (SSSR count). The monoisotopic (exact) mass is 456 g/mol. The molecule has 0 aliphatic carbocycles. The van der Waals surface area contributed by atoms with E-state index in [2.05, 4.69) is 56.0 Å². The van der Waals surface area contributed by atoms with E-state index in [4.69, 9.17) is 0 Å². The van der Waals surface area contributed by atoms with Gasteiger partial charge >= 0.3 is 0 Å². The SMILES string of the molecule is O=C1NCC=C2c3c(cccc31)NC(c1ccc(CN3CCC3)cc1)C2c1ncnn1CCO. The molecule has 2 unspecified atom stereocenters. The maximum Gasteiger partial charge on any atom is 0.252 e. The minimum absolute atomic E-state index is 0.0205. The largest absolute Gasteiger partial charge is 0.394 e. The molecule has 2 atom stereocenters. The molecule has 2 aromatic carbocycles. The van der Waals surface area contributed by atoms with Crippen molar-refractivity contribution in [3.63, 3.8) is 0 Å². The van der Waals surface area contributed by atoms with E-state index < -0.39 is 0 Å². The predicted octanol–water partition coefficient (Wildman–Crippen LogP) is 2.55. The first-order chi connectivity index (χ1) is 16.7. The van der Waals surface area contributed by atoms with Crippen molar-refractivity contribution in [1.82, 2.24) is 25.0 Å². The fourth-order valence-corrected chi connectivity index (χ4v) is 5.31. The van der Waals surface area contributed by atoms with Crippen LogP contribution in [0.2, 0.25) is 0 Å². The number of rotatable bonds is 6. The highest BCUT2D eigenvalue weighted by molar-refractivity contribution is 6.04. The first kappa shape index (κ1) is 21.1. The van der Waals surface area contributed by atoms with Crippen LogP contribution in [0, 0.1) is 0 Å². The molecule has 0 saturated carbocycles. The van der Waals surface area contributed by atoms with Gasteiger partial charge in [0.2, 0.25) is 0 Å². The quantitative estimate of drug-likeness (QED) is 0.528. The molecule has 4 heterocycles. The predicted molar refractivity (Wildman–Crippen MR) is 129 cm³/mol. The number of benzene rings is 2. The number of aliphatic hydroxyl groups is 1. The number of aliphatic hydroxyl groups excluding tert-OH is 1. The van der Waals surface area contributed by atoms with Crippen LogP contribution in [0.1, 0.15) is 51.3 Å². The molecule has 1 amide bonds. The molecule has 3 aromatic rings. The summed E-state index contributed by atoms with van der Waals surface area (Å²) in [5.74, 6) is 0.531. The molecule has 174 valence electrons. The summed E-state index contributed by atoms with van der Waals surface area (Å²) in [6.07, 6.45) is 4.93. The molecule has 1 aromatic heterocycles. The summed E-state index contributed by atoms with van der Waals surface area (Å²) in [5, 5.41) is 20.7. The summed E-state index contributed by atoms with van der Waals surface area (Å²) in [4.78, 5) is 19.9. The van der Waals surface area contributed by atoms with Crippen LogP contribution in [0.4, 0.5) is 5.69 Å². The topological polar surface area (TPSA) is 95.3 Å². The van der Waals surface area contributed by atoms with Gasteiger partial charge in [0.05, 0.1) is 25.1 Å². The standard InChI is InChI=1S/C26H28N6O2/c33-14-13-32-25(28-16-29-32)23-19-9-10-27-26(34)20-3-1-4-21(22(19)20)30-24(23)18-7-5-17(6-8-18)15-31-11-2-12-31/h1,3-9,16,23-24,30,33H,2,10-15H2,(H,27,34). The Morgan fingerprint density at radius 3 is 2.74 bits per heavy atom. The van der Waals surface area contributed by atoms with Crippen molar-refractivity contribution in [3.05, 3.63) is 82.9 Å². The van der Waals surface area contributed by atoms with Gasteiger partial charge in [0.15, 0.2) is 0 Å². The Morgan fingerprint density at radius 2 is 1.97 bits per heavy atom. The van der Waals surface area contributed by atoms with Gasteiger partial charge in [0.1, 0.15) is 12.2 Å². The van der Waals surface area contributed by atoms with E-state index in [1.54, 1.807) is 11.0 Å². The van der Waals surface area contributed by atoms with Crippen molar-refractivity contribution < 1.29 is 9.90 Å². The summed E-state index contributed by atoms with van der Waals surface area (Å²) in [6, 6.07) is 14.5. The molecular weight excluding hydrogens is 428 g/mol. The Labute approximate surface area is 198 Å². The molecule has 8 nitrogen and oxygen atoms in total. The van der Waals surface area contributed by atoms with Crippen molar-refractivity contribution in [2.75, 3.05) is 31.6 Å². The van der Waals surface area contributed by atoms with Crippen molar-refractivity contribution >= 4 is 17.2 Å². The molecule has 3 aliphatic heterocycles. The Hall–Kier alpha value is -3.49. The first-order valence-corrected chi connectivity index (χ1v) is 11.9. The maximum absolute atomic E-state index is 12.8. The molecular formula is C26H28N6O2. The van der Waals surface area contributed by atoms with Gasteiger partial charge in [0.25, 0.3) is 5.91 Å². The van der Waals surface area contributed by atoms with Gasteiger partial charge in [0, 0.05) is 29.9 Å². The maximum atomic E-state index is 12.8. The number of anilines is 1. The molecule has 8 heteroatoms. The normalized spacial score (nSPS) is 21.6. The second-order valence-corrected chi connectivity index (χ2v) is 9.13. The number of nitrogens with zero attached hydrogens (tertiary/aromatic N) is 4. The first-order valence-electron chi connectivity index (χ1n) is 11.9. The molecule has 3 aliphatic rings. The lowest BCUT2D eigenvalue weighted by atomic mass is 9.77. The van der Waals surface area contributed by atoms with Crippen LogP contribution in [-0.2, 0) is 13.1 Å². The van der Waals surface area contributed by atoms with E-state index in [1.807, 2.05) is 18.2 Å². The summed E-state index contributed by atoms with van der Waals surface area (Å²) in [6.45, 7) is 4.13. The molecule has 0 radical (unpaired) electrons. The van der Waals surface area contributed by atoms with Gasteiger partial charge in [-0.25, -0.2) is 9.67 Å². The van der Waals surface area contributed by atoms with Crippen molar-refractivity contribution in [1.29, 1.82) is 0 Å². The molecule has 34 heavy (non-hydrogen) atoms. The van der Waals surface area contributed by atoms with Crippen molar-refractivity contribution in [3.8, 4) is 0 Å². The summed E-state index contributed by atoms with van der Waals surface area (Å²) < 4.78 is 1.77. The Bertz CT molecular complexity index is 1240. The lowest BCUT2D eigenvalue weighted by Crippen LogP contribution is -2.36. The molecule has 0 bridgehead atoms. The van der Waals surface area contributed by atoms with Crippen LogP contribution >= 0.6 is 0 Å². The zero-order valence-electron chi connectivity index (χ0n) is 18.9. The van der Waals surface area contributed by atoms with Crippen LogP contribution in [0.25, 0.3) is 5.57 Å². The number of hydrogen-bond donors (Lipinski definition) is 3. The number of nitrogens with one attached hydrogen (secondary N) is 2. The number of hydrogen-bond acceptors (Lipinski definition) is 6. The zero-order valence-corrected chi connectivity index (χ0v) is 18.9. The van der Waals surface area contributed by atoms with E-state index in [9.17, 15) is 9.90 Å². The Kier molecular flexibility index (Phi) is 5.39. The smallest absolute Gasteiger partial charge is 0.252 e. The summed E-state index contributed by atoms with van der Waals surface area (Å²) in [7, 11) is 0. The molecule has 3 N–H and O–H groups in total. The minimum atomic E-state index is -0.170. The molecule has 0 spiro atoms. The van der Waals surface area contributed by atoms with E-state index in [0.717, 1.165) is 34.8 Å². The van der Waals surface area contributed by atoms with Gasteiger partial charge in [-0.2, -0.15) is 5.10 Å².